The fraction of sp³-hybridized carbons (Fsp3) is 0.471. The van der Waals surface area contributed by atoms with Gasteiger partial charge in [0.25, 0.3) is 5.91 Å². The summed E-state index contributed by atoms with van der Waals surface area (Å²) in [6, 6.07) is 20.2. The third-order valence-electron chi connectivity index (χ3n) is 8.73. The monoisotopic (exact) mass is 570 g/mol. The molecule has 2 fully saturated rings. The van der Waals surface area contributed by atoms with Gasteiger partial charge in [-0.2, -0.15) is 0 Å². The first kappa shape index (κ1) is 30.0. The standard InChI is InChI=1S/C34H46N6O2/c1-25(27-12-11-17-31(23-27)42-3)37-33(41)28-13-10-14-29(22-28)36-24-32-38-40(30-15-8-6-4-5-7-9-16-30)34(39(32)2)26-18-20-35-21-19-26/h10-14,17-23,25,30,32,34,36,38H,4-9,15-16,24H2,1-3H3,(H,37,41)/t25-,32?,34?/m0/s1. The molecule has 3 atom stereocenters. The number of aromatic nitrogens is 1. The summed E-state index contributed by atoms with van der Waals surface area (Å²) < 4.78 is 5.34. The lowest BCUT2D eigenvalue weighted by molar-refractivity contribution is 0.0685. The molecule has 42 heavy (non-hydrogen) atoms. The van der Waals surface area contributed by atoms with Crippen LogP contribution in [0.15, 0.2) is 73.1 Å². The van der Waals surface area contributed by atoms with E-state index in [1.54, 1.807) is 7.11 Å². The van der Waals surface area contributed by atoms with E-state index in [0.29, 0.717) is 18.2 Å². The number of likely N-dealkylation sites (N-methyl/N-ethyl adjacent to an activating group) is 1. The number of hydrogen-bond donors (Lipinski definition) is 3. The zero-order valence-electron chi connectivity index (χ0n) is 25.3. The molecular weight excluding hydrogens is 524 g/mol. The molecule has 0 radical (unpaired) electrons. The average molecular weight is 571 g/mol. The van der Waals surface area contributed by atoms with Gasteiger partial charge in [-0.1, -0.05) is 56.7 Å². The van der Waals surface area contributed by atoms with Crippen molar-refractivity contribution in [3.8, 4) is 5.75 Å². The van der Waals surface area contributed by atoms with Crippen LogP contribution < -0.4 is 20.8 Å². The number of nitrogens with zero attached hydrogens (tertiary/aromatic N) is 3. The second-order valence-electron chi connectivity index (χ2n) is 11.7. The van der Waals surface area contributed by atoms with Crippen molar-refractivity contribution in [2.45, 2.75) is 82.7 Å². The Morgan fingerprint density at radius 1 is 1.00 bits per heavy atom. The SMILES string of the molecule is COc1cccc([C@H](C)NC(=O)c2cccc(NCC3NN(C4CCCCCCCC4)C(c4ccncc4)N3C)c2)c1. The van der Waals surface area contributed by atoms with Crippen LogP contribution >= 0.6 is 0 Å². The Morgan fingerprint density at radius 3 is 2.45 bits per heavy atom. The number of ether oxygens (including phenoxy) is 1. The number of methoxy groups -OCH3 is 1. The average Bonchev–Trinajstić information content (AvgIpc) is 3.42. The van der Waals surface area contributed by atoms with Crippen molar-refractivity contribution in [1.82, 2.24) is 25.6 Å². The third kappa shape index (κ3) is 7.48. The molecule has 3 N–H and O–H groups in total. The molecule has 1 aliphatic carbocycles. The largest absolute Gasteiger partial charge is 0.497 e. The number of pyridine rings is 1. The number of nitrogens with one attached hydrogen (secondary N) is 3. The molecule has 1 amide bonds. The van der Waals surface area contributed by atoms with Crippen LogP contribution in [-0.4, -0.2) is 53.7 Å². The van der Waals surface area contributed by atoms with Crippen molar-refractivity contribution >= 4 is 11.6 Å². The zero-order chi connectivity index (χ0) is 29.3. The number of hydrogen-bond acceptors (Lipinski definition) is 7. The summed E-state index contributed by atoms with van der Waals surface area (Å²) in [6.07, 6.45) is 14.4. The van der Waals surface area contributed by atoms with Crippen molar-refractivity contribution in [2.24, 2.45) is 0 Å². The van der Waals surface area contributed by atoms with Crippen LogP contribution in [0.1, 0.15) is 92.0 Å². The summed E-state index contributed by atoms with van der Waals surface area (Å²) in [5.74, 6) is 0.675. The molecule has 0 spiro atoms. The topological polar surface area (TPSA) is 81.8 Å². The van der Waals surface area contributed by atoms with Gasteiger partial charge in [0.15, 0.2) is 0 Å². The quantitative estimate of drug-likeness (QED) is 0.280. The second-order valence-corrected chi connectivity index (χ2v) is 11.7. The molecule has 1 aromatic heterocycles. The molecule has 8 heteroatoms. The molecule has 0 bridgehead atoms. The molecule has 2 aliphatic rings. The molecule has 224 valence electrons. The number of anilines is 1. The number of benzene rings is 2. The van der Waals surface area contributed by atoms with Gasteiger partial charge in [-0.05, 0) is 80.4 Å². The highest BCUT2D eigenvalue weighted by Gasteiger charge is 2.40. The van der Waals surface area contributed by atoms with Gasteiger partial charge < -0.3 is 15.4 Å². The van der Waals surface area contributed by atoms with Crippen LogP contribution in [0.2, 0.25) is 0 Å². The minimum atomic E-state index is -0.144. The van der Waals surface area contributed by atoms with E-state index in [0.717, 1.165) is 17.0 Å². The van der Waals surface area contributed by atoms with Gasteiger partial charge in [0, 0.05) is 36.2 Å². The Balaban J connectivity index is 1.25. The van der Waals surface area contributed by atoms with Crippen LogP contribution in [-0.2, 0) is 0 Å². The zero-order valence-corrected chi connectivity index (χ0v) is 25.3. The van der Waals surface area contributed by atoms with E-state index in [9.17, 15) is 4.79 Å². The molecule has 1 saturated heterocycles. The van der Waals surface area contributed by atoms with E-state index in [2.05, 4.69) is 50.1 Å². The van der Waals surface area contributed by atoms with Gasteiger partial charge in [-0.3, -0.25) is 14.7 Å². The van der Waals surface area contributed by atoms with Crippen molar-refractivity contribution < 1.29 is 9.53 Å². The van der Waals surface area contributed by atoms with Crippen LogP contribution in [0.25, 0.3) is 0 Å². The van der Waals surface area contributed by atoms with Crippen LogP contribution in [0, 0.1) is 0 Å². The molecule has 3 aromatic rings. The molecule has 2 unspecified atom stereocenters. The fourth-order valence-electron chi connectivity index (χ4n) is 6.28. The molecule has 2 aromatic carbocycles. The first-order valence-electron chi connectivity index (χ1n) is 15.5. The highest BCUT2D eigenvalue weighted by Crippen LogP contribution is 2.34. The van der Waals surface area contributed by atoms with Crippen molar-refractivity contribution in [2.75, 3.05) is 26.0 Å². The summed E-state index contributed by atoms with van der Waals surface area (Å²) in [5.41, 5.74) is 7.69. The highest BCUT2D eigenvalue weighted by atomic mass is 16.5. The maximum atomic E-state index is 13.1. The molecule has 1 saturated carbocycles. The van der Waals surface area contributed by atoms with Crippen molar-refractivity contribution in [3.63, 3.8) is 0 Å². The van der Waals surface area contributed by atoms with Gasteiger partial charge in [0.2, 0.25) is 0 Å². The first-order chi connectivity index (χ1) is 20.5. The Bertz CT molecular complexity index is 1280. The van der Waals surface area contributed by atoms with E-state index >= 15 is 0 Å². The van der Waals surface area contributed by atoms with Gasteiger partial charge in [-0.15, -0.1) is 0 Å². The van der Waals surface area contributed by atoms with E-state index < -0.39 is 0 Å². The maximum absolute atomic E-state index is 13.1. The Hall–Kier alpha value is -3.46. The van der Waals surface area contributed by atoms with E-state index in [1.807, 2.05) is 67.8 Å². The van der Waals surface area contributed by atoms with Gasteiger partial charge >= 0.3 is 0 Å². The second kappa shape index (κ2) is 14.6. The van der Waals surface area contributed by atoms with Crippen LogP contribution in [0.5, 0.6) is 5.75 Å². The minimum Gasteiger partial charge on any atom is -0.497 e. The summed E-state index contributed by atoms with van der Waals surface area (Å²) in [4.78, 5) is 19.8. The van der Waals surface area contributed by atoms with Crippen LogP contribution in [0.3, 0.4) is 0 Å². The summed E-state index contributed by atoms with van der Waals surface area (Å²) in [5, 5.41) is 9.23. The molecule has 2 heterocycles. The number of hydrazine groups is 1. The van der Waals surface area contributed by atoms with E-state index in [4.69, 9.17) is 4.74 Å². The normalized spacial score (nSPS) is 21.6. The molecule has 1 aliphatic heterocycles. The van der Waals surface area contributed by atoms with Gasteiger partial charge in [0.05, 0.1) is 19.3 Å². The smallest absolute Gasteiger partial charge is 0.251 e. The van der Waals surface area contributed by atoms with E-state index in [1.165, 1.54) is 56.9 Å². The minimum absolute atomic E-state index is 0.0985. The van der Waals surface area contributed by atoms with Crippen molar-refractivity contribution in [1.29, 1.82) is 0 Å². The summed E-state index contributed by atoms with van der Waals surface area (Å²) in [6.45, 7) is 2.69. The summed E-state index contributed by atoms with van der Waals surface area (Å²) in [7, 11) is 3.85. The maximum Gasteiger partial charge on any atom is 0.251 e. The predicted molar refractivity (Wildman–Crippen MR) is 168 cm³/mol. The number of carbonyl (C=O) groups excluding carboxylic acids is 1. The Labute approximate surface area is 250 Å². The predicted octanol–water partition coefficient (Wildman–Crippen LogP) is 6.27. The lowest BCUT2D eigenvalue weighted by Crippen LogP contribution is -2.46. The molecular formula is C34H46N6O2. The lowest BCUT2D eigenvalue weighted by Gasteiger charge is -2.34. The summed E-state index contributed by atoms with van der Waals surface area (Å²) >= 11 is 0. The Kier molecular flexibility index (Phi) is 10.5. The van der Waals surface area contributed by atoms with Crippen LogP contribution in [0.4, 0.5) is 5.69 Å². The number of rotatable bonds is 9. The fourth-order valence-corrected chi connectivity index (χ4v) is 6.28. The van der Waals surface area contributed by atoms with E-state index in [-0.39, 0.29) is 24.3 Å². The number of amides is 1. The Morgan fingerprint density at radius 2 is 1.71 bits per heavy atom. The first-order valence-corrected chi connectivity index (χ1v) is 15.5. The highest BCUT2D eigenvalue weighted by molar-refractivity contribution is 5.95. The van der Waals surface area contributed by atoms with Gasteiger partial charge in [-0.25, -0.2) is 10.4 Å². The van der Waals surface area contributed by atoms with Gasteiger partial charge in [0.1, 0.15) is 11.9 Å². The third-order valence-corrected chi connectivity index (χ3v) is 8.73. The molecule has 5 rings (SSSR count). The van der Waals surface area contributed by atoms with Crippen molar-refractivity contribution in [3.05, 3.63) is 89.7 Å². The molecule has 8 nitrogen and oxygen atoms in total. The number of carbonyl (C=O) groups is 1. The lowest BCUT2D eigenvalue weighted by atomic mass is 10.0.